The van der Waals surface area contributed by atoms with Crippen LogP contribution in [0.3, 0.4) is 0 Å². The summed E-state index contributed by atoms with van der Waals surface area (Å²) in [5.74, 6) is 0.0848. The van der Waals surface area contributed by atoms with Gasteiger partial charge in [-0.3, -0.25) is 4.79 Å². The third-order valence-electron chi connectivity index (χ3n) is 3.96. The van der Waals surface area contributed by atoms with Gasteiger partial charge in [-0.15, -0.1) is 0 Å². The Morgan fingerprint density at radius 3 is 2.71 bits per heavy atom. The molecule has 0 unspecified atom stereocenters. The van der Waals surface area contributed by atoms with Crippen molar-refractivity contribution in [3.63, 3.8) is 0 Å². The zero-order valence-corrected chi connectivity index (χ0v) is 12.9. The Bertz CT molecular complexity index is 416. The van der Waals surface area contributed by atoms with Crippen LogP contribution in [0.25, 0.3) is 0 Å². The number of piperidine rings is 1. The van der Waals surface area contributed by atoms with Gasteiger partial charge in [-0.25, -0.2) is 0 Å². The first-order valence-electron chi connectivity index (χ1n) is 7.86. The number of rotatable bonds is 7. The maximum absolute atomic E-state index is 12.0. The van der Waals surface area contributed by atoms with Crippen molar-refractivity contribution in [1.82, 2.24) is 10.2 Å². The first-order chi connectivity index (χ1) is 10.3. The average Bonchev–Trinajstić information content (AvgIpc) is 2.54. The number of nitrogens with zero attached hydrogens (tertiary/aromatic N) is 1. The van der Waals surface area contributed by atoms with Gasteiger partial charge in [0.1, 0.15) is 6.61 Å². The number of carbonyl (C=O) groups excluding carboxylic acids is 1. The molecule has 4 nitrogen and oxygen atoms in total. The number of aryl methyl sites for hydroxylation is 1. The Kier molecular flexibility index (Phi) is 6.70. The zero-order chi connectivity index (χ0) is 14.9. The molecule has 4 heteroatoms. The van der Waals surface area contributed by atoms with Crippen molar-refractivity contribution in [3.8, 4) is 0 Å². The highest BCUT2D eigenvalue weighted by molar-refractivity contribution is 5.77. The third kappa shape index (κ3) is 5.86. The van der Waals surface area contributed by atoms with Crippen LogP contribution in [0.2, 0.25) is 0 Å². The number of hydrogen-bond acceptors (Lipinski definition) is 3. The SMILES string of the molecule is CN(CCCc1ccccc1)C(=O)COC1CCNCC1. The van der Waals surface area contributed by atoms with E-state index in [4.69, 9.17) is 4.74 Å². The molecule has 0 aromatic heterocycles. The molecule has 21 heavy (non-hydrogen) atoms. The van der Waals surface area contributed by atoms with E-state index in [1.54, 1.807) is 4.90 Å². The summed E-state index contributed by atoms with van der Waals surface area (Å²) in [6.45, 7) is 2.98. The van der Waals surface area contributed by atoms with Crippen molar-refractivity contribution >= 4 is 5.91 Å². The van der Waals surface area contributed by atoms with E-state index in [9.17, 15) is 4.79 Å². The Morgan fingerprint density at radius 2 is 2.00 bits per heavy atom. The van der Waals surface area contributed by atoms with Crippen molar-refractivity contribution in [2.75, 3.05) is 33.3 Å². The molecule has 0 spiro atoms. The molecule has 1 aliphatic rings. The van der Waals surface area contributed by atoms with Gasteiger partial charge in [0.25, 0.3) is 0 Å². The fourth-order valence-corrected chi connectivity index (χ4v) is 2.55. The first-order valence-corrected chi connectivity index (χ1v) is 7.86. The van der Waals surface area contributed by atoms with Crippen LogP contribution in [0.1, 0.15) is 24.8 Å². The zero-order valence-electron chi connectivity index (χ0n) is 12.9. The van der Waals surface area contributed by atoms with Crippen LogP contribution < -0.4 is 5.32 Å². The van der Waals surface area contributed by atoms with E-state index in [1.807, 2.05) is 13.1 Å². The van der Waals surface area contributed by atoms with Crippen molar-refractivity contribution in [3.05, 3.63) is 35.9 Å². The van der Waals surface area contributed by atoms with E-state index in [1.165, 1.54) is 5.56 Å². The van der Waals surface area contributed by atoms with E-state index in [-0.39, 0.29) is 18.6 Å². The number of nitrogens with one attached hydrogen (secondary N) is 1. The van der Waals surface area contributed by atoms with Gasteiger partial charge >= 0.3 is 0 Å². The lowest BCUT2D eigenvalue weighted by atomic mass is 10.1. The smallest absolute Gasteiger partial charge is 0.248 e. The number of ether oxygens (including phenoxy) is 1. The normalized spacial score (nSPS) is 15.9. The molecule has 1 aliphatic heterocycles. The molecule has 1 amide bonds. The van der Waals surface area contributed by atoms with Gasteiger partial charge < -0.3 is 15.0 Å². The summed E-state index contributed by atoms with van der Waals surface area (Å²) in [6.07, 6.45) is 4.25. The molecule has 0 bridgehead atoms. The highest BCUT2D eigenvalue weighted by atomic mass is 16.5. The number of benzene rings is 1. The summed E-state index contributed by atoms with van der Waals surface area (Å²) >= 11 is 0. The molecule has 1 heterocycles. The monoisotopic (exact) mass is 290 g/mol. The summed E-state index contributed by atoms with van der Waals surface area (Å²) in [4.78, 5) is 13.8. The molecule has 2 rings (SSSR count). The van der Waals surface area contributed by atoms with Gasteiger partial charge in [0.2, 0.25) is 5.91 Å². The van der Waals surface area contributed by atoms with Gasteiger partial charge in [0, 0.05) is 13.6 Å². The summed E-state index contributed by atoms with van der Waals surface area (Å²) in [5.41, 5.74) is 1.32. The van der Waals surface area contributed by atoms with Crippen LogP contribution in [-0.2, 0) is 16.0 Å². The molecule has 116 valence electrons. The molecule has 1 aromatic carbocycles. The summed E-state index contributed by atoms with van der Waals surface area (Å²) in [7, 11) is 1.86. The quantitative estimate of drug-likeness (QED) is 0.833. The highest BCUT2D eigenvalue weighted by Crippen LogP contribution is 2.07. The molecule has 0 atom stereocenters. The average molecular weight is 290 g/mol. The Hall–Kier alpha value is -1.39. The second-order valence-corrected chi connectivity index (χ2v) is 5.66. The van der Waals surface area contributed by atoms with Crippen LogP contribution in [0.5, 0.6) is 0 Å². The molecular weight excluding hydrogens is 264 g/mol. The van der Waals surface area contributed by atoms with Crippen LogP contribution in [0.4, 0.5) is 0 Å². The summed E-state index contributed by atoms with van der Waals surface area (Å²) < 4.78 is 5.70. The van der Waals surface area contributed by atoms with Gasteiger partial charge in [-0.1, -0.05) is 30.3 Å². The lowest BCUT2D eigenvalue weighted by Crippen LogP contribution is -2.36. The molecular formula is C17H26N2O2. The Morgan fingerprint density at radius 1 is 1.29 bits per heavy atom. The fourth-order valence-electron chi connectivity index (χ4n) is 2.55. The number of hydrogen-bond donors (Lipinski definition) is 1. The van der Waals surface area contributed by atoms with Gasteiger partial charge in [-0.05, 0) is 44.3 Å². The first kappa shape index (κ1) is 16.0. The maximum atomic E-state index is 12.0. The van der Waals surface area contributed by atoms with Crippen molar-refractivity contribution < 1.29 is 9.53 Å². The van der Waals surface area contributed by atoms with E-state index in [0.29, 0.717) is 0 Å². The topological polar surface area (TPSA) is 41.6 Å². The second kappa shape index (κ2) is 8.80. The molecule has 1 aromatic rings. The van der Waals surface area contributed by atoms with E-state index < -0.39 is 0 Å². The summed E-state index contributed by atoms with van der Waals surface area (Å²) in [5, 5.41) is 3.29. The van der Waals surface area contributed by atoms with Gasteiger partial charge in [0.05, 0.1) is 6.10 Å². The molecule has 1 saturated heterocycles. The Balaban J connectivity index is 1.60. The Labute approximate surface area is 127 Å². The third-order valence-corrected chi connectivity index (χ3v) is 3.96. The van der Waals surface area contributed by atoms with Crippen LogP contribution in [-0.4, -0.2) is 50.2 Å². The minimum absolute atomic E-state index is 0.0848. The van der Waals surface area contributed by atoms with Crippen LogP contribution >= 0.6 is 0 Å². The highest BCUT2D eigenvalue weighted by Gasteiger charge is 2.16. The van der Waals surface area contributed by atoms with E-state index in [2.05, 4.69) is 29.6 Å². The molecule has 1 fully saturated rings. The van der Waals surface area contributed by atoms with Crippen LogP contribution in [0, 0.1) is 0 Å². The van der Waals surface area contributed by atoms with Crippen LogP contribution in [0.15, 0.2) is 30.3 Å². The van der Waals surface area contributed by atoms with Gasteiger partial charge in [-0.2, -0.15) is 0 Å². The number of carbonyl (C=O) groups is 1. The lowest BCUT2D eigenvalue weighted by molar-refractivity contribution is -0.137. The minimum Gasteiger partial charge on any atom is -0.368 e. The van der Waals surface area contributed by atoms with E-state index >= 15 is 0 Å². The number of likely N-dealkylation sites (N-methyl/N-ethyl adjacent to an activating group) is 1. The van der Waals surface area contributed by atoms with Crippen molar-refractivity contribution in [1.29, 1.82) is 0 Å². The minimum atomic E-state index is 0.0848. The molecule has 1 N–H and O–H groups in total. The second-order valence-electron chi connectivity index (χ2n) is 5.66. The van der Waals surface area contributed by atoms with Crippen molar-refractivity contribution in [2.45, 2.75) is 31.8 Å². The van der Waals surface area contributed by atoms with Gasteiger partial charge in [0.15, 0.2) is 0 Å². The molecule has 0 saturated carbocycles. The predicted molar refractivity (Wildman–Crippen MR) is 84.2 cm³/mol. The standard InChI is InChI=1S/C17H26N2O2/c1-19(13-5-8-15-6-3-2-4-7-15)17(20)14-21-16-9-11-18-12-10-16/h2-4,6-7,16,18H,5,8-14H2,1H3. The molecule has 0 radical (unpaired) electrons. The molecule has 0 aliphatic carbocycles. The van der Waals surface area contributed by atoms with Crippen molar-refractivity contribution in [2.24, 2.45) is 0 Å². The predicted octanol–water partition coefficient (Wildman–Crippen LogP) is 1.85. The lowest BCUT2D eigenvalue weighted by Gasteiger charge is -2.24. The summed E-state index contributed by atoms with van der Waals surface area (Å²) in [6, 6.07) is 10.4. The fraction of sp³-hybridized carbons (Fsp3) is 0.588. The maximum Gasteiger partial charge on any atom is 0.248 e. The van der Waals surface area contributed by atoms with E-state index in [0.717, 1.165) is 45.3 Å². The largest absolute Gasteiger partial charge is 0.368 e. The number of amides is 1.